The molecular weight excluding hydrogens is 395 g/mol. The van der Waals surface area contributed by atoms with E-state index in [0.717, 1.165) is 0 Å². The number of aromatic nitrogens is 4. The zero-order valence-corrected chi connectivity index (χ0v) is 16.1. The number of amides is 1. The van der Waals surface area contributed by atoms with Gasteiger partial charge in [0.05, 0.1) is 17.6 Å². The quantitative estimate of drug-likeness (QED) is 0.513. The fraction of sp³-hybridized carbons (Fsp3) is 0.100. The Morgan fingerprint density at radius 3 is 2.83 bits per heavy atom. The Morgan fingerprint density at radius 2 is 2.00 bits per heavy atom. The Hall–Kier alpha value is -3.52. The number of nitrogens with one attached hydrogen (secondary N) is 2. The number of hydrogen-bond acceptors (Lipinski definition) is 5. The average molecular weight is 411 g/mol. The zero-order valence-electron chi connectivity index (χ0n) is 15.4. The Balaban J connectivity index is 1.73. The lowest BCUT2D eigenvalue weighted by molar-refractivity contribution is 0.241. The molecule has 0 unspecified atom stereocenters. The van der Waals surface area contributed by atoms with Crippen LogP contribution in [-0.2, 0) is 0 Å². The first-order valence-corrected chi connectivity index (χ1v) is 9.24. The third-order valence-electron chi connectivity index (χ3n) is 4.22. The molecule has 4 rings (SSSR count). The van der Waals surface area contributed by atoms with E-state index in [1.165, 1.54) is 29.1 Å². The predicted octanol–water partition coefficient (Wildman–Crippen LogP) is 4.61. The molecule has 146 valence electrons. The molecule has 1 aromatic carbocycles. The van der Waals surface area contributed by atoms with Crippen molar-refractivity contribution in [2.75, 3.05) is 11.9 Å². The number of nitrogens with zero attached hydrogens (tertiary/aromatic N) is 4. The summed E-state index contributed by atoms with van der Waals surface area (Å²) in [4.78, 5) is 20.8. The molecule has 29 heavy (non-hydrogen) atoms. The number of pyridine rings is 2. The van der Waals surface area contributed by atoms with Crippen LogP contribution in [0.2, 0.25) is 5.02 Å². The van der Waals surface area contributed by atoms with E-state index >= 15 is 0 Å². The van der Waals surface area contributed by atoms with Gasteiger partial charge in [0, 0.05) is 35.2 Å². The summed E-state index contributed by atoms with van der Waals surface area (Å²) in [5.74, 6) is -0.417. The topological polar surface area (TPSA) is 84.7 Å². The first-order valence-electron chi connectivity index (χ1n) is 8.86. The van der Waals surface area contributed by atoms with Gasteiger partial charge in [-0.15, -0.1) is 0 Å². The van der Waals surface area contributed by atoms with Crippen molar-refractivity contribution in [2.45, 2.75) is 6.92 Å². The van der Waals surface area contributed by atoms with E-state index in [4.69, 9.17) is 11.6 Å². The molecule has 0 bridgehead atoms. The second-order valence-electron chi connectivity index (χ2n) is 6.16. The molecule has 0 saturated carbocycles. The number of fused-ring (bicyclic) bond motifs is 1. The molecule has 7 nitrogen and oxygen atoms in total. The van der Waals surface area contributed by atoms with Gasteiger partial charge in [-0.3, -0.25) is 9.97 Å². The van der Waals surface area contributed by atoms with E-state index in [9.17, 15) is 9.18 Å². The molecule has 0 atom stereocenters. The lowest BCUT2D eigenvalue weighted by atomic mass is 10.1. The number of carbonyl (C=O) groups is 1. The molecule has 0 aliphatic rings. The van der Waals surface area contributed by atoms with Crippen molar-refractivity contribution in [3.05, 3.63) is 65.8 Å². The zero-order chi connectivity index (χ0) is 20.4. The first-order chi connectivity index (χ1) is 14.1. The molecule has 3 heterocycles. The number of halogens is 2. The monoisotopic (exact) mass is 410 g/mol. The summed E-state index contributed by atoms with van der Waals surface area (Å²) in [6, 6.07) is 9.14. The van der Waals surface area contributed by atoms with Crippen molar-refractivity contribution in [2.24, 2.45) is 0 Å². The van der Waals surface area contributed by atoms with Crippen LogP contribution in [-0.4, -0.2) is 32.3 Å². The van der Waals surface area contributed by atoms with E-state index in [-0.39, 0.29) is 6.03 Å². The van der Waals surface area contributed by atoms with Crippen molar-refractivity contribution < 1.29 is 9.18 Å². The Morgan fingerprint density at radius 1 is 1.17 bits per heavy atom. The van der Waals surface area contributed by atoms with Gasteiger partial charge in [-0.1, -0.05) is 11.6 Å². The third kappa shape index (κ3) is 3.74. The molecule has 0 aliphatic carbocycles. The molecule has 0 spiro atoms. The van der Waals surface area contributed by atoms with Crippen molar-refractivity contribution in [3.63, 3.8) is 0 Å². The largest absolute Gasteiger partial charge is 0.354 e. The maximum atomic E-state index is 14.2. The molecule has 4 aromatic rings. The van der Waals surface area contributed by atoms with E-state index < -0.39 is 5.82 Å². The number of anilines is 2. The van der Waals surface area contributed by atoms with Gasteiger partial charge in [-0.25, -0.2) is 9.18 Å². The highest BCUT2D eigenvalue weighted by Gasteiger charge is 2.15. The average Bonchev–Trinajstić information content (AvgIpc) is 3.16. The van der Waals surface area contributed by atoms with Crippen LogP contribution in [0.15, 0.2) is 55.0 Å². The van der Waals surface area contributed by atoms with Crippen molar-refractivity contribution in [3.8, 4) is 11.3 Å². The van der Waals surface area contributed by atoms with Gasteiger partial charge in [0.25, 0.3) is 0 Å². The van der Waals surface area contributed by atoms with Gasteiger partial charge in [0.15, 0.2) is 0 Å². The van der Waals surface area contributed by atoms with E-state index in [2.05, 4.69) is 25.7 Å². The lowest BCUT2D eigenvalue weighted by Gasteiger charge is -2.11. The van der Waals surface area contributed by atoms with Gasteiger partial charge < -0.3 is 10.6 Å². The van der Waals surface area contributed by atoms with Gasteiger partial charge >= 0.3 is 6.03 Å². The summed E-state index contributed by atoms with van der Waals surface area (Å²) in [6.07, 6.45) is 4.71. The lowest BCUT2D eigenvalue weighted by Crippen LogP contribution is -2.29. The van der Waals surface area contributed by atoms with Crippen LogP contribution in [0.1, 0.15) is 6.92 Å². The number of benzene rings is 1. The summed E-state index contributed by atoms with van der Waals surface area (Å²) < 4.78 is 15.5. The summed E-state index contributed by atoms with van der Waals surface area (Å²) in [6.45, 7) is 2.30. The maximum Gasteiger partial charge on any atom is 0.342 e. The van der Waals surface area contributed by atoms with Crippen LogP contribution in [0.4, 0.5) is 20.6 Å². The summed E-state index contributed by atoms with van der Waals surface area (Å²) in [5, 5.41) is 10.5. The third-order valence-corrected chi connectivity index (χ3v) is 4.46. The molecule has 3 aromatic heterocycles. The van der Waals surface area contributed by atoms with Crippen LogP contribution in [0, 0.1) is 5.82 Å². The molecule has 0 aliphatic heterocycles. The highest BCUT2D eigenvalue weighted by Crippen LogP contribution is 2.29. The van der Waals surface area contributed by atoms with Crippen LogP contribution in [0.25, 0.3) is 22.3 Å². The summed E-state index contributed by atoms with van der Waals surface area (Å²) >= 11 is 6.00. The van der Waals surface area contributed by atoms with Crippen molar-refractivity contribution in [1.82, 2.24) is 25.1 Å². The minimum Gasteiger partial charge on any atom is -0.354 e. The Bertz CT molecular complexity index is 1210. The molecule has 9 heteroatoms. The van der Waals surface area contributed by atoms with E-state index in [1.54, 1.807) is 30.6 Å². The number of rotatable bonds is 4. The molecule has 2 N–H and O–H groups in total. The van der Waals surface area contributed by atoms with E-state index in [1.807, 2.05) is 6.92 Å². The predicted molar refractivity (Wildman–Crippen MR) is 110 cm³/mol. The fourth-order valence-electron chi connectivity index (χ4n) is 2.94. The van der Waals surface area contributed by atoms with Gasteiger partial charge in [0.2, 0.25) is 0 Å². The molecule has 0 fully saturated rings. The van der Waals surface area contributed by atoms with Crippen LogP contribution in [0.5, 0.6) is 0 Å². The number of carbonyl (C=O) groups excluding carboxylic acids is 1. The van der Waals surface area contributed by atoms with Crippen molar-refractivity contribution in [1.29, 1.82) is 0 Å². The van der Waals surface area contributed by atoms with E-state index in [0.29, 0.717) is 45.2 Å². The van der Waals surface area contributed by atoms with Crippen LogP contribution < -0.4 is 10.6 Å². The molecule has 0 saturated heterocycles. The van der Waals surface area contributed by atoms with Crippen molar-refractivity contribution >= 4 is 40.0 Å². The fourth-order valence-corrected chi connectivity index (χ4v) is 3.12. The SMILES string of the molecule is CCNC(=O)n1ncc2nccc(Nc3ccnc(-c4cc(Cl)ccc4F)c3)c21. The van der Waals surface area contributed by atoms with Gasteiger partial charge in [-0.05, 0) is 43.3 Å². The minimum atomic E-state index is -0.417. The van der Waals surface area contributed by atoms with Crippen LogP contribution in [0.3, 0.4) is 0 Å². The van der Waals surface area contributed by atoms with Gasteiger partial charge in [-0.2, -0.15) is 9.78 Å². The molecule has 0 radical (unpaired) electrons. The molecule has 1 amide bonds. The Kier molecular flexibility index (Phi) is 5.09. The maximum absolute atomic E-state index is 14.2. The summed E-state index contributed by atoms with van der Waals surface area (Å²) in [5.41, 5.74) is 3.11. The Labute approximate surface area is 170 Å². The second kappa shape index (κ2) is 7.84. The standard InChI is InChI=1S/C20H16ClFN6O/c1-2-23-20(29)28-19-16(6-8-25-18(19)11-26-28)27-13-5-7-24-17(10-13)14-9-12(21)3-4-15(14)22/h3-11H,2H2,1H3,(H,23,29)(H,24,25,27). The second-order valence-corrected chi connectivity index (χ2v) is 6.60. The summed E-state index contributed by atoms with van der Waals surface area (Å²) in [7, 11) is 0. The first kappa shape index (κ1) is 18.8. The smallest absolute Gasteiger partial charge is 0.342 e. The minimum absolute atomic E-state index is 0.299. The van der Waals surface area contributed by atoms with Gasteiger partial charge in [0.1, 0.15) is 16.9 Å². The normalized spacial score (nSPS) is 10.9. The van der Waals surface area contributed by atoms with Crippen LogP contribution >= 0.6 is 11.6 Å². The highest BCUT2D eigenvalue weighted by atomic mass is 35.5. The molecular formula is C20H16ClFN6O. The number of hydrogen-bond donors (Lipinski definition) is 2. The highest BCUT2D eigenvalue weighted by molar-refractivity contribution is 6.30.